The van der Waals surface area contributed by atoms with Gasteiger partial charge in [0.2, 0.25) is 0 Å². The van der Waals surface area contributed by atoms with Gasteiger partial charge in [-0.25, -0.2) is 0 Å². The fourth-order valence-corrected chi connectivity index (χ4v) is 1.47. The molecule has 0 aliphatic heterocycles. The lowest BCUT2D eigenvalue weighted by Gasteiger charge is -2.32. The predicted molar refractivity (Wildman–Crippen MR) is 58.7 cm³/mol. The van der Waals surface area contributed by atoms with Gasteiger partial charge in [0.15, 0.2) is 0 Å². The van der Waals surface area contributed by atoms with Crippen LogP contribution in [0.4, 0.5) is 0 Å². The van der Waals surface area contributed by atoms with Crippen LogP contribution in [-0.2, 0) is 0 Å². The van der Waals surface area contributed by atoms with E-state index in [9.17, 15) is 5.11 Å². The minimum atomic E-state index is -0.127. The van der Waals surface area contributed by atoms with E-state index in [-0.39, 0.29) is 11.5 Å². The third kappa shape index (κ3) is 5.30. The Balaban J connectivity index is 3.96. The Bertz CT molecular complexity index is 136. The molecule has 0 saturated heterocycles. The quantitative estimate of drug-likeness (QED) is 0.697. The number of aliphatic hydroxyl groups is 1. The topological polar surface area (TPSA) is 20.2 Å². The van der Waals surface area contributed by atoms with Crippen molar-refractivity contribution in [1.82, 2.24) is 0 Å². The van der Waals surface area contributed by atoms with Gasteiger partial charge in [-0.2, -0.15) is 0 Å². The highest BCUT2D eigenvalue weighted by atomic mass is 16.3. The lowest BCUT2D eigenvalue weighted by molar-refractivity contribution is 0.0736. The maximum absolute atomic E-state index is 9.80. The molecule has 0 amide bonds. The van der Waals surface area contributed by atoms with Crippen LogP contribution in [0.2, 0.25) is 0 Å². The van der Waals surface area contributed by atoms with Crippen molar-refractivity contribution in [3.63, 3.8) is 0 Å². The Hall–Kier alpha value is -0.0400. The number of hydrogen-bond acceptors (Lipinski definition) is 1. The Morgan fingerprint density at radius 3 is 1.85 bits per heavy atom. The molecule has 1 unspecified atom stereocenters. The number of aliphatic hydroxyl groups excluding tert-OH is 1. The van der Waals surface area contributed by atoms with E-state index in [1.165, 1.54) is 0 Å². The molecule has 0 heterocycles. The first kappa shape index (κ1) is 13.0. The van der Waals surface area contributed by atoms with Crippen LogP contribution in [0, 0.1) is 17.3 Å². The highest BCUT2D eigenvalue weighted by molar-refractivity contribution is 4.76. The van der Waals surface area contributed by atoms with E-state index >= 15 is 0 Å². The molecule has 1 atom stereocenters. The van der Waals surface area contributed by atoms with Gasteiger partial charge >= 0.3 is 0 Å². The van der Waals surface area contributed by atoms with Gasteiger partial charge in [-0.3, -0.25) is 0 Å². The molecular formula is C12H26O. The summed E-state index contributed by atoms with van der Waals surface area (Å²) in [6, 6.07) is 0. The lowest BCUT2D eigenvalue weighted by atomic mass is 9.76. The summed E-state index contributed by atoms with van der Waals surface area (Å²) in [5.74, 6) is 1.23. The summed E-state index contributed by atoms with van der Waals surface area (Å²) < 4.78 is 0. The molecule has 1 N–H and O–H groups in total. The molecule has 0 aliphatic rings. The van der Waals surface area contributed by atoms with Gasteiger partial charge in [0.05, 0.1) is 6.10 Å². The second-order valence-electron chi connectivity index (χ2n) is 5.63. The molecule has 1 heteroatoms. The first-order valence-electron chi connectivity index (χ1n) is 5.43. The molecule has 0 saturated carbocycles. The van der Waals surface area contributed by atoms with Gasteiger partial charge in [-0.15, -0.1) is 0 Å². The zero-order valence-corrected chi connectivity index (χ0v) is 10.1. The molecule has 0 aromatic rings. The lowest BCUT2D eigenvalue weighted by Crippen LogP contribution is -2.26. The number of hydrogen-bond donors (Lipinski definition) is 1. The molecule has 0 aromatic carbocycles. The Labute approximate surface area is 83.5 Å². The second-order valence-corrected chi connectivity index (χ2v) is 5.63. The van der Waals surface area contributed by atoms with Crippen LogP contribution in [0.1, 0.15) is 54.4 Å². The normalized spacial score (nSPS) is 15.5. The smallest absolute Gasteiger partial charge is 0.0547 e. The van der Waals surface area contributed by atoms with Crippen LogP contribution in [0.3, 0.4) is 0 Å². The summed E-state index contributed by atoms with van der Waals surface area (Å²) >= 11 is 0. The van der Waals surface area contributed by atoms with Gasteiger partial charge in [-0.1, -0.05) is 41.5 Å². The first-order chi connectivity index (χ1) is 5.75. The first-order valence-corrected chi connectivity index (χ1v) is 5.43. The highest BCUT2D eigenvalue weighted by Gasteiger charge is 2.25. The summed E-state index contributed by atoms with van der Waals surface area (Å²) in [5, 5.41) is 9.80. The van der Waals surface area contributed by atoms with Crippen LogP contribution in [-0.4, -0.2) is 11.2 Å². The van der Waals surface area contributed by atoms with E-state index in [2.05, 4.69) is 41.5 Å². The van der Waals surface area contributed by atoms with E-state index in [0.717, 1.165) is 12.8 Å². The summed E-state index contributed by atoms with van der Waals surface area (Å²) in [4.78, 5) is 0. The third-order valence-electron chi connectivity index (χ3n) is 3.07. The van der Waals surface area contributed by atoms with Crippen molar-refractivity contribution in [2.24, 2.45) is 17.3 Å². The molecule has 0 rings (SSSR count). The summed E-state index contributed by atoms with van der Waals surface area (Å²) in [7, 11) is 0. The van der Waals surface area contributed by atoms with Crippen LogP contribution in [0.5, 0.6) is 0 Å². The molecule has 0 bridgehead atoms. The van der Waals surface area contributed by atoms with E-state index in [1.807, 2.05) is 0 Å². The maximum Gasteiger partial charge on any atom is 0.0547 e. The molecule has 0 spiro atoms. The van der Waals surface area contributed by atoms with E-state index < -0.39 is 0 Å². The Kier molecular flexibility index (Phi) is 4.98. The SMILES string of the molecule is CC(C)CC(O)CC(C)(C)C(C)C. The standard InChI is InChI=1S/C12H26O/c1-9(2)7-11(13)8-12(5,6)10(3)4/h9-11,13H,7-8H2,1-6H3. The predicted octanol–water partition coefficient (Wildman–Crippen LogP) is 3.47. The van der Waals surface area contributed by atoms with Gasteiger partial charge in [0.1, 0.15) is 0 Å². The average molecular weight is 186 g/mol. The largest absolute Gasteiger partial charge is 0.393 e. The van der Waals surface area contributed by atoms with Crippen molar-refractivity contribution in [1.29, 1.82) is 0 Å². The van der Waals surface area contributed by atoms with Crippen molar-refractivity contribution in [3.05, 3.63) is 0 Å². The Morgan fingerprint density at radius 1 is 1.08 bits per heavy atom. The fourth-order valence-electron chi connectivity index (χ4n) is 1.47. The van der Waals surface area contributed by atoms with Crippen LogP contribution >= 0.6 is 0 Å². The minimum absolute atomic E-state index is 0.127. The van der Waals surface area contributed by atoms with Gasteiger partial charge in [0.25, 0.3) is 0 Å². The summed E-state index contributed by atoms with van der Waals surface area (Å²) in [6.45, 7) is 13.2. The molecule has 0 fully saturated rings. The summed E-state index contributed by atoms with van der Waals surface area (Å²) in [5.41, 5.74) is 0.258. The zero-order valence-electron chi connectivity index (χ0n) is 10.1. The van der Waals surface area contributed by atoms with Crippen molar-refractivity contribution >= 4 is 0 Å². The van der Waals surface area contributed by atoms with Crippen molar-refractivity contribution in [3.8, 4) is 0 Å². The molecule has 0 radical (unpaired) electrons. The average Bonchev–Trinajstić information content (AvgIpc) is 1.82. The van der Waals surface area contributed by atoms with Gasteiger partial charge in [0, 0.05) is 0 Å². The van der Waals surface area contributed by atoms with E-state index in [0.29, 0.717) is 11.8 Å². The van der Waals surface area contributed by atoms with E-state index in [1.54, 1.807) is 0 Å². The highest BCUT2D eigenvalue weighted by Crippen LogP contribution is 2.32. The van der Waals surface area contributed by atoms with Crippen LogP contribution in [0.15, 0.2) is 0 Å². The molecule has 0 aliphatic carbocycles. The van der Waals surface area contributed by atoms with Crippen molar-refractivity contribution < 1.29 is 5.11 Å². The molecule has 0 aromatic heterocycles. The Morgan fingerprint density at radius 2 is 1.54 bits per heavy atom. The monoisotopic (exact) mass is 186 g/mol. The molecule has 80 valence electrons. The van der Waals surface area contributed by atoms with Crippen LogP contribution in [0.25, 0.3) is 0 Å². The van der Waals surface area contributed by atoms with Gasteiger partial charge in [-0.05, 0) is 30.1 Å². The minimum Gasteiger partial charge on any atom is -0.393 e. The molecule has 1 nitrogen and oxygen atoms in total. The second kappa shape index (κ2) is 4.99. The van der Waals surface area contributed by atoms with E-state index in [4.69, 9.17) is 0 Å². The van der Waals surface area contributed by atoms with Gasteiger partial charge < -0.3 is 5.11 Å². The third-order valence-corrected chi connectivity index (χ3v) is 3.07. The summed E-state index contributed by atoms with van der Waals surface area (Å²) in [6.07, 6.45) is 1.72. The molecule has 13 heavy (non-hydrogen) atoms. The molecular weight excluding hydrogens is 160 g/mol. The fraction of sp³-hybridized carbons (Fsp3) is 1.00. The van der Waals surface area contributed by atoms with Crippen molar-refractivity contribution in [2.45, 2.75) is 60.5 Å². The zero-order chi connectivity index (χ0) is 10.6. The van der Waals surface area contributed by atoms with Crippen molar-refractivity contribution in [2.75, 3.05) is 0 Å². The number of rotatable bonds is 5. The maximum atomic E-state index is 9.80. The van der Waals surface area contributed by atoms with Crippen LogP contribution < -0.4 is 0 Å².